The van der Waals surface area contributed by atoms with E-state index in [1.807, 2.05) is 35.0 Å². The summed E-state index contributed by atoms with van der Waals surface area (Å²) in [4.78, 5) is 33.1. The number of carbonyl (C=O) groups is 2. The molecule has 2 aliphatic rings. The molecule has 3 atom stereocenters. The SMILES string of the molecule is O=C1NOC(=O)C12C(c1cccs1)Cc1nn[se]c1C2c1cccs1. The molecule has 0 bridgehead atoms. The molecule has 1 spiro atoms. The van der Waals surface area contributed by atoms with Crippen molar-refractivity contribution in [2.24, 2.45) is 5.41 Å². The molecule has 126 valence electrons. The van der Waals surface area contributed by atoms with Gasteiger partial charge in [0.15, 0.2) is 0 Å². The van der Waals surface area contributed by atoms with Gasteiger partial charge in [-0.1, -0.05) is 0 Å². The Hall–Kier alpha value is -1.80. The molecule has 1 saturated heterocycles. The van der Waals surface area contributed by atoms with Gasteiger partial charge in [-0.05, 0) is 0 Å². The van der Waals surface area contributed by atoms with Crippen LogP contribution in [0.1, 0.15) is 31.7 Å². The van der Waals surface area contributed by atoms with E-state index >= 15 is 0 Å². The van der Waals surface area contributed by atoms with Gasteiger partial charge in [0.25, 0.3) is 0 Å². The standard InChI is InChI=1S/C16H11N3O3S2Se/c20-14-16(15(21)22-18-14)8(10-3-1-5-23-10)7-9-13(25-19-17-9)12(16)11-4-2-6-24-11/h1-6,8,12H,7H2,(H,18,20). The summed E-state index contributed by atoms with van der Waals surface area (Å²) >= 11 is 2.91. The molecule has 5 rings (SSSR count). The Morgan fingerprint density at radius 3 is 2.60 bits per heavy atom. The number of amides is 1. The zero-order chi connectivity index (χ0) is 17.0. The van der Waals surface area contributed by atoms with Gasteiger partial charge in [-0.25, -0.2) is 0 Å². The first kappa shape index (κ1) is 15.5. The van der Waals surface area contributed by atoms with Crippen LogP contribution in [0.5, 0.6) is 0 Å². The van der Waals surface area contributed by atoms with Crippen LogP contribution >= 0.6 is 22.7 Å². The molecule has 0 radical (unpaired) electrons. The van der Waals surface area contributed by atoms with E-state index in [1.165, 1.54) is 0 Å². The molecule has 1 N–H and O–H groups in total. The number of fused-ring (bicyclic) bond motifs is 1. The normalized spacial score (nSPS) is 28.0. The second-order valence-corrected chi connectivity index (χ2v) is 9.60. The summed E-state index contributed by atoms with van der Waals surface area (Å²) in [5, 5.41) is 8.27. The van der Waals surface area contributed by atoms with E-state index in [0.29, 0.717) is 6.42 Å². The van der Waals surface area contributed by atoms with Crippen LogP contribution < -0.4 is 5.48 Å². The van der Waals surface area contributed by atoms with Crippen molar-refractivity contribution in [2.75, 3.05) is 0 Å². The van der Waals surface area contributed by atoms with Crippen LogP contribution in [0.25, 0.3) is 0 Å². The molecule has 1 amide bonds. The summed E-state index contributed by atoms with van der Waals surface area (Å²) in [5.41, 5.74) is 1.98. The molecule has 0 saturated carbocycles. The molecule has 0 aromatic carbocycles. The molecular formula is C16H11N3O3S2Se. The average molecular weight is 436 g/mol. The van der Waals surface area contributed by atoms with E-state index in [-0.39, 0.29) is 32.5 Å². The van der Waals surface area contributed by atoms with E-state index in [2.05, 4.69) is 14.7 Å². The monoisotopic (exact) mass is 437 g/mol. The van der Waals surface area contributed by atoms with Crippen LogP contribution in [0.2, 0.25) is 0 Å². The molecule has 3 aromatic rings. The van der Waals surface area contributed by atoms with Gasteiger partial charge in [-0.15, -0.1) is 0 Å². The first-order valence-corrected chi connectivity index (χ1v) is 11.0. The van der Waals surface area contributed by atoms with Crippen molar-refractivity contribution >= 4 is 49.3 Å². The third-order valence-electron chi connectivity index (χ3n) is 4.91. The molecule has 25 heavy (non-hydrogen) atoms. The van der Waals surface area contributed by atoms with Gasteiger partial charge in [0, 0.05) is 0 Å². The molecule has 6 nitrogen and oxygen atoms in total. The summed E-state index contributed by atoms with van der Waals surface area (Å²) in [5.74, 6) is -1.53. The first-order chi connectivity index (χ1) is 12.2. The maximum absolute atomic E-state index is 13.0. The van der Waals surface area contributed by atoms with Gasteiger partial charge in [0.2, 0.25) is 0 Å². The summed E-state index contributed by atoms with van der Waals surface area (Å²) in [7, 11) is 0. The third-order valence-corrected chi connectivity index (χ3v) is 8.58. The van der Waals surface area contributed by atoms with Crippen LogP contribution in [0.4, 0.5) is 0 Å². The van der Waals surface area contributed by atoms with Gasteiger partial charge in [-0.2, -0.15) is 0 Å². The van der Waals surface area contributed by atoms with E-state index in [4.69, 9.17) is 4.84 Å². The van der Waals surface area contributed by atoms with Crippen LogP contribution in [0.15, 0.2) is 35.0 Å². The summed E-state index contributed by atoms with van der Waals surface area (Å²) < 4.78 is 5.27. The second kappa shape index (κ2) is 5.60. The summed E-state index contributed by atoms with van der Waals surface area (Å²) in [6.07, 6.45) is 0.533. The van der Waals surface area contributed by atoms with Crippen LogP contribution in [0.3, 0.4) is 0 Å². The quantitative estimate of drug-likeness (QED) is 0.489. The van der Waals surface area contributed by atoms with Crippen molar-refractivity contribution in [1.29, 1.82) is 0 Å². The Morgan fingerprint density at radius 2 is 1.96 bits per heavy atom. The van der Waals surface area contributed by atoms with Crippen molar-refractivity contribution in [1.82, 2.24) is 14.7 Å². The molecule has 3 unspecified atom stereocenters. The van der Waals surface area contributed by atoms with Gasteiger partial charge in [0.05, 0.1) is 0 Å². The molecule has 4 heterocycles. The van der Waals surface area contributed by atoms with Crippen molar-refractivity contribution in [3.05, 3.63) is 54.9 Å². The minimum atomic E-state index is -1.29. The van der Waals surface area contributed by atoms with Crippen LogP contribution in [-0.2, 0) is 20.8 Å². The second-order valence-electron chi connectivity index (χ2n) is 5.99. The number of nitrogens with one attached hydrogen (secondary N) is 1. The predicted molar refractivity (Wildman–Crippen MR) is 92.6 cm³/mol. The molecule has 1 aliphatic heterocycles. The number of hydrogen-bond acceptors (Lipinski definition) is 7. The number of carbonyl (C=O) groups excluding carboxylic acids is 2. The summed E-state index contributed by atoms with van der Waals surface area (Å²) in [6, 6.07) is 7.84. The van der Waals surface area contributed by atoms with E-state index < -0.39 is 11.4 Å². The number of aromatic nitrogens is 2. The Morgan fingerprint density at radius 1 is 1.20 bits per heavy atom. The number of hydroxylamine groups is 1. The fourth-order valence-electron chi connectivity index (χ4n) is 3.87. The molecular weight excluding hydrogens is 425 g/mol. The number of nitrogens with zero attached hydrogens (tertiary/aromatic N) is 2. The molecule has 9 heteroatoms. The number of hydrogen-bond donors (Lipinski definition) is 1. The fraction of sp³-hybridized carbons (Fsp3) is 0.250. The predicted octanol–water partition coefficient (Wildman–Crippen LogP) is 1.70. The van der Waals surface area contributed by atoms with E-state index in [0.717, 1.165) is 19.9 Å². The Bertz CT molecular complexity index is 935. The zero-order valence-corrected chi connectivity index (χ0v) is 16.0. The third kappa shape index (κ3) is 2.01. The Labute approximate surface area is 156 Å². The van der Waals surface area contributed by atoms with Crippen LogP contribution in [-0.4, -0.2) is 35.8 Å². The van der Waals surface area contributed by atoms with Crippen molar-refractivity contribution in [3.8, 4) is 0 Å². The fourth-order valence-corrected chi connectivity index (χ4v) is 7.69. The molecule has 1 fully saturated rings. The van der Waals surface area contributed by atoms with Gasteiger partial charge >= 0.3 is 157 Å². The van der Waals surface area contributed by atoms with Crippen molar-refractivity contribution in [3.63, 3.8) is 0 Å². The number of rotatable bonds is 2. The first-order valence-electron chi connectivity index (χ1n) is 7.62. The topological polar surface area (TPSA) is 81.2 Å². The Kier molecular flexibility index (Phi) is 3.46. The average Bonchev–Trinajstić information content (AvgIpc) is 3.40. The van der Waals surface area contributed by atoms with E-state index in [9.17, 15) is 9.59 Å². The minimum absolute atomic E-state index is 0.194. The zero-order valence-electron chi connectivity index (χ0n) is 12.7. The van der Waals surface area contributed by atoms with Gasteiger partial charge < -0.3 is 0 Å². The summed E-state index contributed by atoms with van der Waals surface area (Å²) in [6.45, 7) is 0. The van der Waals surface area contributed by atoms with Gasteiger partial charge in [0.1, 0.15) is 0 Å². The molecule has 1 aliphatic carbocycles. The molecule has 3 aromatic heterocycles. The van der Waals surface area contributed by atoms with Gasteiger partial charge in [-0.3, -0.25) is 0 Å². The van der Waals surface area contributed by atoms with E-state index in [1.54, 1.807) is 22.7 Å². The van der Waals surface area contributed by atoms with Crippen molar-refractivity contribution in [2.45, 2.75) is 18.3 Å². The Balaban J connectivity index is 1.82. The number of thiophene rings is 2. The van der Waals surface area contributed by atoms with Crippen molar-refractivity contribution < 1.29 is 14.4 Å². The maximum atomic E-state index is 13.0. The van der Waals surface area contributed by atoms with Crippen LogP contribution in [0, 0.1) is 5.41 Å².